The van der Waals surface area contributed by atoms with Crippen LogP contribution in [0.25, 0.3) is 0 Å². The summed E-state index contributed by atoms with van der Waals surface area (Å²) in [6.45, 7) is 3.09. The van der Waals surface area contributed by atoms with E-state index in [4.69, 9.17) is 9.98 Å². The fourth-order valence-electron chi connectivity index (χ4n) is 2.82. The second kappa shape index (κ2) is 4.67. The third kappa shape index (κ3) is 2.00. The zero-order valence-electron chi connectivity index (χ0n) is 10.9. The molecule has 2 aliphatic rings. The Bertz CT molecular complexity index is 543. The minimum Gasteiger partial charge on any atom is -0.368 e. The number of nitrogens with one attached hydrogen (secondary N) is 1. The largest absolute Gasteiger partial charge is 0.368 e. The van der Waals surface area contributed by atoms with Crippen molar-refractivity contribution in [3.8, 4) is 0 Å². The van der Waals surface area contributed by atoms with E-state index in [2.05, 4.69) is 17.2 Å². The van der Waals surface area contributed by atoms with Crippen LogP contribution >= 0.6 is 0 Å². The van der Waals surface area contributed by atoms with Gasteiger partial charge in [0, 0.05) is 12.7 Å². The Balaban J connectivity index is 2.00. The zero-order valence-corrected chi connectivity index (χ0v) is 10.9. The molecule has 3 rings (SSSR count). The minimum atomic E-state index is -0.160. The lowest BCUT2D eigenvalue weighted by Crippen LogP contribution is -2.27. The van der Waals surface area contributed by atoms with E-state index in [9.17, 15) is 0 Å². The first kappa shape index (κ1) is 11.6. The Morgan fingerprint density at radius 3 is 2.83 bits per heavy atom. The molecule has 1 spiro atoms. The van der Waals surface area contributed by atoms with Crippen molar-refractivity contribution >= 4 is 5.82 Å². The number of nitrogens with zero attached hydrogens (tertiary/aromatic N) is 3. The van der Waals surface area contributed by atoms with E-state index in [1.165, 1.54) is 19.3 Å². The fourth-order valence-corrected chi connectivity index (χ4v) is 2.82. The van der Waals surface area contributed by atoms with E-state index in [0.29, 0.717) is 0 Å². The maximum Gasteiger partial charge on any atom is 0.153 e. The van der Waals surface area contributed by atoms with Gasteiger partial charge in [-0.2, -0.15) is 0 Å². The number of anilines is 1. The molecular formula is C14H20N4. The summed E-state index contributed by atoms with van der Waals surface area (Å²) in [6.07, 6.45) is 8.91. The van der Waals surface area contributed by atoms with Gasteiger partial charge in [0.25, 0.3) is 0 Å². The molecule has 0 unspecified atom stereocenters. The monoisotopic (exact) mass is 244 g/mol. The van der Waals surface area contributed by atoms with E-state index in [-0.39, 0.29) is 5.66 Å². The van der Waals surface area contributed by atoms with Gasteiger partial charge in [0.05, 0.1) is 5.36 Å². The molecule has 0 amide bonds. The second-order valence-corrected chi connectivity index (χ2v) is 5.22. The van der Waals surface area contributed by atoms with Crippen LogP contribution in [-0.4, -0.2) is 17.2 Å². The van der Waals surface area contributed by atoms with Crippen molar-refractivity contribution in [3.63, 3.8) is 0 Å². The van der Waals surface area contributed by atoms with Crippen molar-refractivity contribution in [2.24, 2.45) is 9.98 Å². The van der Waals surface area contributed by atoms with Crippen LogP contribution in [0.15, 0.2) is 22.2 Å². The first-order valence-corrected chi connectivity index (χ1v) is 7.02. The quantitative estimate of drug-likeness (QED) is 0.881. The Kier molecular flexibility index (Phi) is 3.02. The molecule has 1 aromatic heterocycles. The molecule has 1 aromatic rings. The first-order chi connectivity index (χ1) is 8.83. The van der Waals surface area contributed by atoms with Crippen LogP contribution < -0.4 is 16.0 Å². The molecule has 0 saturated heterocycles. The van der Waals surface area contributed by atoms with Crippen LogP contribution in [0.5, 0.6) is 0 Å². The van der Waals surface area contributed by atoms with Crippen LogP contribution in [0, 0.1) is 0 Å². The van der Waals surface area contributed by atoms with E-state index >= 15 is 0 Å². The number of aromatic nitrogens is 1. The molecule has 1 aliphatic heterocycles. The van der Waals surface area contributed by atoms with E-state index < -0.39 is 0 Å². The van der Waals surface area contributed by atoms with Crippen molar-refractivity contribution in [2.45, 2.75) is 51.1 Å². The van der Waals surface area contributed by atoms with Gasteiger partial charge >= 0.3 is 0 Å². The molecule has 0 aromatic carbocycles. The van der Waals surface area contributed by atoms with Gasteiger partial charge in [0.15, 0.2) is 11.5 Å². The molecule has 1 saturated carbocycles. The van der Waals surface area contributed by atoms with Gasteiger partial charge in [-0.1, -0.05) is 13.3 Å². The number of hydrogen-bond acceptors (Lipinski definition) is 4. The Morgan fingerprint density at radius 2 is 2.06 bits per heavy atom. The highest BCUT2D eigenvalue weighted by Gasteiger charge is 2.33. The smallest absolute Gasteiger partial charge is 0.153 e. The lowest BCUT2D eigenvalue weighted by atomic mass is 9.90. The highest BCUT2D eigenvalue weighted by Crippen LogP contribution is 2.33. The molecule has 4 nitrogen and oxygen atoms in total. The summed E-state index contributed by atoms with van der Waals surface area (Å²) in [5, 5.41) is 5.35. The van der Waals surface area contributed by atoms with Crippen LogP contribution in [0.2, 0.25) is 0 Å². The van der Waals surface area contributed by atoms with Crippen LogP contribution in [-0.2, 0) is 0 Å². The normalized spacial score (nSPS) is 20.1. The average molecular weight is 244 g/mol. The molecule has 0 atom stereocenters. The fraction of sp³-hybridized carbons (Fsp3) is 0.643. The molecule has 1 aliphatic carbocycles. The molecule has 1 N–H and O–H groups in total. The average Bonchev–Trinajstić information content (AvgIpc) is 2.75. The van der Waals surface area contributed by atoms with Gasteiger partial charge in [-0.05, 0) is 38.2 Å². The van der Waals surface area contributed by atoms with Gasteiger partial charge < -0.3 is 5.32 Å². The Hall–Kier alpha value is -1.45. The molecule has 0 radical (unpaired) electrons. The summed E-state index contributed by atoms with van der Waals surface area (Å²) in [4.78, 5) is 14.2. The maximum absolute atomic E-state index is 4.90. The summed E-state index contributed by atoms with van der Waals surface area (Å²) < 4.78 is 0. The minimum absolute atomic E-state index is 0.160. The van der Waals surface area contributed by atoms with Crippen LogP contribution in [0.1, 0.15) is 45.4 Å². The predicted octanol–water partition coefficient (Wildman–Crippen LogP) is 1.82. The first-order valence-electron chi connectivity index (χ1n) is 7.02. The second-order valence-electron chi connectivity index (χ2n) is 5.22. The van der Waals surface area contributed by atoms with E-state index in [1.807, 2.05) is 12.3 Å². The molecule has 4 heteroatoms. The predicted molar refractivity (Wildman–Crippen MR) is 71.1 cm³/mol. The maximum atomic E-state index is 4.90. The van der Waals surface area contributed by atoms with Crippen LogP contribution in [0.3, 0.4) is 0 Å². The number of fused-ring (bicyclic) bond motifs is 1. The Labute approximate surface area is 107 Å². The van der Waals surface area contributed by atoms with E-state index in [0.717, 1.165) is 42.3 Å². The third-order valence-corrected chi connectivity index (χ3v) is 3.75. The standard InChI is InChI=1S/C14H20N4/c1-2-9-15-13-12-11(6-10-16-13)17-14(18-12)7-4-3-5-8-14/h6,10H,2-5,7-9H2,1H3,(H,15,16). The van der Waals surface area contributed by atoms with Crippen molar-refractivity contribution in [3.05, 3.63) is 23.0 Å². The van der Waals surface area contributed by atoms with Gasteiger partial charge in [0.1, 0.15) is 5.36 Å². The summed E-state index contributed by atoms with van der Waals surface area (Å²) in [7, 11) is 0. The SMILES string of the molecule is CCCNc1nccc2c1=NC1(CCCCC1)N=2. The summed E-state index contributed by atoms with van der Waals surface area (Å²) >= 11 is 0. The highest BCUT2D eigenvalue weighted by molar-refractivity contribution is 5.34. The van der Waals surface area contributed by atoms with Crippen molar-refractivity contribution in [1.82, 2.24) is 4.98 Å². The van der Waals surface area contributed by atoms with Gasteiger partial charge in [0.2, 0.25) is 0 Å². The Morgan fingerprint density at radius 1 is 1.22 bits per heavy atom. The number of pyridine rings is 1. The number of hydrogen-bond donors (Lipinski definition) is 1. The van der Waals surface area contributed by atoms with Crippen molar-refractivity contribution in [2.75, 3.05) is 11.9 Å². The molecule has 96 valence electrons. The van der Waals surface area contributed by atoms with Gasteiger partial charge in [-0.3, -0.25) is 4.99 Å². The molecule has 1 fully saturated rings. The molecule has 0 bridgehead atoms. The summed E-state index contributed by atoms with van der Waals surface area (Å²) in [5.74, 6) is 0.903. The summed E-state index contributed by atoms with van der Waals surface area (Å²) in [6, 6.07) is 1.99. The molecular weight excluding hydrogens is 224 g/mol. The third-order valence-electron chi connectivity index (χ3n) is 3.75. The molecule has 18 heavy (non-hydrogen) atoms. The topological polar surface area (TPSA) is 49.6 Å². The summed E-state index contributed by atoms with van der Waals surface area (Å²) in [5.41, 5.74) is -0.160. The van der Waals surface area contributed by atoms with Crippen molar-refractivity contribution in [1.29, 1.82) is 0 Å². The van der Waals surface area contributed by atoms with Gasteiger partial charge in [-0.25, -0.2) is 9.98 Å². The van der Waals surface area contributed by atoms with Gasteiger partial charge in [-0.15, -0.1) is 0 Å². The lowest BCUT2D eigenvalue weighted by molar-refractivity contribution is 0.309. The highest BCUT2D eigenvalue weighted by atomic mass is 15.1. The number of rotatable bonds is 3. The zero-order chi connectivity index (χ0) is 12.4. The lowest BCUT2D eigenvalue weighted by Gasteiger charge is -2.27. The molecule has 2 heterocycles. The van der Waals surface area contributed by atoms with E-state index in [1.54, 1.807) is 0 Å². The van der Waals surface area contributed by atoms with Crippen LogP contribution in [0.4, 0.5) is 5.82 Å². The van der Waals surface area contributed by atoms with Crippen molar-refractivity contribution < 1.29 is 0 Å².